The Balaban J connectivity index is 0.00000149. The number of alkyl halides is 3. The number of ketones is 1. The minimum Gasteiger partial charge on any atom is -0.367 e. The molecule has 0 fully saturated rings. The lowest BCUT2D eigenvalue weighted by Gasteiger charge is -2.30. The summed E-state index contributed by atoms with van der Waals surface area (Å²) in [5.41, 5.74) is 4.06. The minimum atomic E-state index is -4.43. The normalized spacial score (nSPS) is 13.1. The van der Waals surface area contributed by atoms with Crippen molar-refractivity contribution in [2.75, 3.05) is 11.4 Å². The Morgan fingerprint density at radius 3 is 2.61 bits per heavy atom. The van der Waals surface area contributed by atoms with Gasteiger partial charge in [0.1, 0.15) is 5.82 Å². The third-order valence-electron chi connectivity index (χ3n) is 5.42. The zero-order valence-electron chi connectivity index (χ0n) is 18.1. The highest BCUT2D eigenvalue weighted by Crippen LogP contribution is 2.30. The predicted molar refractivity (Wildman–Crippen MR) is 120 cm³/mol. The predicted octanol–water partition coefficient (Wildman–Crippen LogP) is 4.76. The maximum atomic E-state index is 13.0. The average Bonchev–Trinajstić information content (AvgIpc) is 2.79. The van der Waals surface area contributed by atoms with Crippen LogP contribution in [-0.2, 0) is 38.1 Å². The molecular weight excluding hydrogens is 451 g/mol. The van der Waals surface area contributed by atoms with Gasteiger partial charge < -0.3 is 4.90 Å². The number of carbonyl (C=O) groups is 1. The highest BCUT2D eigenvalue weighted by molar-refractivity contribution is 7.44. The summed E-state index contributed by atoms with van der Waals surface area (Å²) in [6.07, 6.45) is -1.87. The standard InChI is InChI=1S/C24H22F3N3O.OS/c1-15-8-18(23(31)11-17-4-3-5-20(10-17)24(25,26)27)12-21(9-15)30-7-6-22-19(14-30)13-28-16(2)29-22;1-2/h3-5,8-10,12-13H,6-7,11,14H2,1-2H3;. The number of rotatable bonds is 4. The third-order valence-corrected chi connectivity index (χ3v) is 5.42. The fourth-order valence-electron chi connectivity index (χ4n) is 3.89. The van der Waals surface area contributed by atoms with Crippen molar-refractivity contribution in [1.29, 1.82) is 0 Å². The molecule has 3 aromatic rings. The van der Waals surface area contributed by atoms with Gasteiger partial charge in [0.15, 0.2) is 18.3 Å². The fourth-order valence-corrected chi connectivity index (χ4v) is 3.89. The van der Waals surface area contributed by atoms with E-state index in [2.05, 4.69) is 27.4 Å². The van der Waals surface area contributed by atoms with Gasteiger partial charge in [-0.05, 0) is 49.2 Å². The number of benzene rings is 2. The van der Waals surface area contributed by atoms with E-state index in [1.54, 1.807) is 12.1 Å². The molecule has 0 bridgehead atoms. The first-order chi connectivity index (χ1) is 15.7. The van der Waals surface area contributed by atoms with Crippen LogP contribution in [0.25, 0.3) is 0 Å². The monoisotopic (exact) mass is 473 g/mol. The Morgan fingerprint density at radius 1 is 1.12 bits per heavy atom. The zero-order chi connectivity index (χ0) is 24.2. The van der Waals surface area contributed by atoms with E-state index in [4.69, 9.17) is 4.21 Å². The largest absolute Gasteiger partial charge is 0.416 e. The van der Waals surface area contributed by atoms with E-state index in [1.807, 2.05) is 32.2 Å². The van der Waals surface area contributed by atoms with Gasteiger partial charge in [0, 0.05) is 48.9 Å². The maximum Gasteiger partial charge on any atom is 0.416 e. The Bertz CT molecular complexity index is 1170. The molecule has 0 unspecified atom stereocenters. The van der Waals surface area contributed by atoms with Gasteiger partial charge >= 0.3 is 6.18 Å². The molecule has 2 heterocycles. The van der Waals surface area contributed by atoms with Crippen LogP contribution in [0.15, 0.2) is 48.7 Å². The van der Waals surface area contributed by atoms with Gasteiger partial charge in [-0.1, -0.05) is 18.2 Å². The van der Waals surface area contributed by atoms with E-state index in [-0.39, 0.29) is 12.2 Å². The lowest BCUT2D eigenvalue weighted by Crippen LogP contribution is -2.31. The number of aromatic nitrogens is 2. The number of carbonyl (C=O) groups excluding carboxylic acids is 1. The Hall–Kier alpha value is -3.20. The van der Waals surface area contributed by atoms with Crippen LogP contribution >= 0.6 is 0 Å². The summed E-state index contributed by atoms with van der Waals surface area (Å²) in [4.78, 5) is 23.8. The van der Waals surface area contributed by atoms with Crippen LogP contribution in [0.2, 0.25) is 0 Å². The van der Waals surface area contributed by atoms with Gasteiger partial charge in [-0.2, -0.15) is 17.4 Å². The summed E-state index contributed by atoms with van der Waals surface area (Å²) in [7, 11) is 0. The van der Waals surface area contributed by atoms with Crippen molar-refractivity contribution in [1.82, 2.24) is 9.97 Å². The summed E-state index contributed by atoms with van der Waals surface area (Å²) in [6, 6.07) is 10.6. The SMILES string of the molecule is Cc1cc(C(=O)Cc2cccc(C(F)(F)F)c2)cc(N2CCc3nc(C)ncc3C2)c1.O=S. The highest BCUT2D eigenvalue weighted by atomic mass is 32.1. The molecule has 0 spiro atoms. The van der Waals surface area contributed by atoms with Crippen LogP contribution < -0.4 is 4.90 Å². The Morgan fingerprint density at radius 2 is 1.88 bits per heavy atom. The van der Waals surface area contributed by atoms with E-state index in [1.165, 1.54) is 6.07 Å². The van der Waals surface area contributed by atoms with E-state index < -0.39 is 11.7 Å². The highest BCUT2D eigenvalue weighted by Gasteiger charge is 2.30. The summed E-state index contributed by atoms with van der Waals surface area (Å²) in [5, 5.41) is 0. The van der Waals surface area contributed by atoms with Crippen LogP contribution in [0.3, 0.4) is 0 Å². The van der Waals surface area contributed by atoms with Crippen molar-refractivity contribution in [2.24, 2.45) is 0 Å². The van der Waals surface area contributed by atoms with Crippen LogP contribution in [0, 0.1) is 13.8 Å². The third kappa shape index (κ3) is 5.98. The van der Waals surface area contributed by atoms with Crippen molar-refractivity contribution < 1.29 is 22.2 Å². The first-order valence-corrected chi connectivity index (χ1v) is 10.6. The zero-order valence-corrected chi connectivity index (χ0v) is 19.0. The number of nitrogens with zero attached hydrogens (tertiary/aromatic N) is 3. The molecule has 172 valence electrons. The first kappa shape index (κ1) is 24.4. The number of hydrogen-bond acceptors (Lipinski definition) is 6. The first-order valence-electron chi connectivity index (χ1n) is 10.2. The summed E-state index contributed by atoms with van der Waals surface area (Å²) in [6.45, 7) is 5.21. The quantitative estimate of drug-likeness (QED) is 0.509. The molecule has 0 atom stereocenters. The molecule has 0 amide bonds. The van der Waals surface area contributed by atoms with Crippen LogP contribution in [-0.4, -0.2) is 26.5 Å². The van der Waals surface area contributed by atoms with E-state index >= 15 is 0 Å². The summed E-state index contributed by atoms with van der Waals surface area (Å²) >= 11 is 2.83. The number of aryl methyl sites for hydroxylation is 2. The van der Waals surface area contributed by atoms with Crippen molar-refractivity contribution in [3.05, 3.63) is 88.0 Å². The van der Waals surface area contributed by atoms with Gasteiger partial charge in [-0.3, -0.25) is 4.79 Å². The average molecular weight is 474 g/mol. The van der Waals surface area contributed by atoms with Gasteiger partial charge in [0.2, 0.25) is 0 Å². The lowest BCUT2D eigenvalue weighted by atomic mass is 9.98. The molecule has 1 aromatic heterocycles. The van der Waals surface area contributed by atoms with E-state index in [9.17, 15) is 18.0 Å². The molecule has 5 nitrogen and oxygen atoms in total. The molecule has 1 aliphatic rings. The molecule has 0 saturated carbocycles. The molecule has 0 aliphatic carbocycles. The van der Waals surface area contributed by atoms with Crippen molar-refractivity contribution in [3.63, 3.8) is 0 Å². The Kier molecular flexibility index (Phi) is 7.53. The van der Waals surface area contributed by atoms with Gasteiger partial charge in [0.05, 0.1) is 11.3 Å². The van der Waals surface area contributed by atoms with Crippen LogP contribution in [0.5, 0.6) is 0 Å². The summed E-state index contributed by atoms with van der Waals surface area (Å²) < 4.78 is 46.7. The number of anilines is 1. The molecule has 0 saturated heterocycles. The molecule has 2 aromatic carbocycles. The van der Waals surface area contributed by atoms with Crippen LogP contribution in [0.4, 0.5) is 18.9 Å². The fraction of sp³-hybridized carbons (Fsp3) is 0.292. The lowest BCUT2D eigenvalue weighted by molar-refractivity contribution is -0.137. The number of fused-ring (bicyclic) bond motifs is 1. The molecule has 33 heavy (non-hydrogen) atoms. The smallest absolute Gasteiger partial charge is 0.367 e. The van der Waals surface area contributed by atoms with Gasteiger partial charge in [0.25, 0.3) is 0 Å². The Labute approximate surface area is 195 Å². The van der Waals surface area contributed by atoms with E-state index in [0.717, 1.165) is 53.4 Å². The van der Waals surface area contributed by atoms with Gasteiger partial charge in [-0.25, -0.2) is 9.97 Å². The molecule has 1 aliphatic heterocycles. The van der Waals surface area contributed by atoms with Crippen molar-refractivity contribution >= 4 is 24.0 Å². The minimum absolute atomic E-state index is 0.0806. The second-order valence-corrected chi connectivity index (χ2v) is 7.92. The second kappa shape index (κ2) is 10.2. The van der Waals surface area contributed by atoms with E-state index in [0.29, 0.717) is 17.7 Å². The second-order valence-electron chi connectivity index (χ2n) is 7.92. The van der Waals surface area contributed by atoms with Crippen LogP contribution in [0.1, 0.15) is 44.1 Å². The number of halogens is 3. The maximum absolute atomic E-state index is 13.0. The van der Waals surface area contributed by atoms with Crippen molar-refractivity contribution in [2.45, 2.75) is 39.4 Å². The molecular formula is C24H22F3N3O2S. The molecule has 4 rings (SSSR count). The molecule has 9 heteroatoms. The van der Waals surface area contributed by atoms with Crippen molar-refractivity contribution in [3.8, 4) is 0 Å². The number of Topliss-reactive ketones (excluding diaryl/α,β-unsaturated/α-hetero) is 1. The number of hydrogen-bond donors (Lipinski definition) is 0. The topological polar surface area (TPSA) is 63.2 Å². The van der Waals surface area contributed by atoms with Gasteiger partial charge in [-0.15, -0.1) is 0 Å². The molecule has 0 radical (unpaired) electrons. The molecule has 0 N–H and O–H groups in total. The summed E-state index contributed by atoms with van der Waals surface area (Å²) in [5.74, 6) is 0.547.